The molecule has 0 aliphatic rings. The fourth-order valence-corrected chi connectivity index (χ4v) is 3.11. The maximum atomic E-state index is 11.6. The molecule has 0 unspecified atom stereocenters. The largest absolute Gasteiger partial charge is 0.359 e. The summed E-state index contributed by atoms with van der Waals surface area (Å²) in [6.45, 7) is 6.97. The second-order valence-corrected chi connectivity index (χ2v) is 7.88. The molecule has 34 heavy (non-hydrogen) atoms. The summed E-state index contributed by atoms with van der Waals surface area (Å²) in [5, 5.41) is 17.2. The van der Waals surface area contributed by atoms with Gasteiger partial charge in [0, 0.05) is 119 Å². The first-order valence-corrected chi connectivity index (χ1v) is 12.0. The maximum absolute atomic E-state index is 11.6. The van der Waals surface area contributed by atoms with Gasteiger partial charge in [0.2, 0.25) is 23.6 Å². The van der Waals surface area contributed by atoms with Crippen molar-refractivity contribution < 1.29 is 19.2 Å². The van der Waals surface area contributed by atoms with Crippen LogP contribution in [-0.4, -0.2) is 127 Å². The van der Waals surface area contributed by atoms with Crippen molar-refractivity contribution in [3.8, 4) is 0 Å². The zero-order valence-electron chi connectivity index (χ0n) is 21.4. The Hall–Kier alpha value is -2.28. The quantitative estimate of drug-likeness (QED) is 0.0962. The highest BCUT2D eigenvalue weighted by molar-refractivity contribution is 5.76. The summed E-state index contributed by atoms with van der Waals surface area (Å²) in [6.07, 6.45) is 1.66. The van der Waals surface area contributed by atoms with Gasteiger partial charge in [0.05, 0.1) is 0 Å². The highest BCUT2D eigenvalue weighted by Crippen LogP contribution is 1.95. The van der Waals surface area contributed by atoms with Crippen LogP contribution in [0, 0.1) is 0 Å². The van der Waals surface area contributed by atoms with Crippen molar-refractivity contribution in [2.24, 2.45) is 0 Å². The number of hydrogen-bond acceptors (Lipinski definition) is 8. The molecule has 12 heteroatoms. The van der Waals surface area contributed by atoms with Crippen LogP contribution in [0.15, 0.2) is 0 Å². The SMILES string of the molecule is CNC(=O)CCNCCN(CCNCCN(CCC(=O)NC)CCC(=O)NC)CCC(=O)NC. The second kappa shape index (κ2) is 21.3. The molecule has 198 valence electrons. The number of carbonyl (C=O) groups is 4. The highest BCUT2D eigenvalue weighted by Gasteiger charge is 2.11. The van der Waals surface area contributed by atoms with Crippen LogP contribution < -0.4 is 31.9 Å². The zero-order valence-corrected chi connectivity index (χ0v) is 21.4. The molecule has 0 radical (unpaired) electrons. The van der Waals surface area contributed by atoms with Crippen molar-refractivity contribution in [1.29, 1.82) is 0 Å². The summed E-state index contributed by atoms with van der Waals surface area (Å²) in [5.41, 5.74) is 0. The van der Waals surface area contributed by atoms with Gasteiger partial charge in [0.25, 0.3) is 0 Å². The molecular weight excluding hydrogens is 440 g/mol. The van der Waals surface area contributed by atoms with E-state index in [4.69, 9.17) is 0 Å². The number of hydrogen-bond donors (Lipinski definition) is 6. The predicted molar refractivity (Wildman–Crippen MR) is 133 cm³/mol. The lowest BCUT2D eigenvalue weighted by atomic mass is 10.3. The summed E-state index contributed by atoms with van der Waals surface area (Å²) >= 11 is 0. The van der Waals surface area contributed by atoms with Crippen LogP contribution in [0.3, 0.4) is 0 Å². The van der Waals surface area contributed by atoms with Gasteiger partial charge in [0.15, 0.2) is 0 Å². The molecule has 0 aromatic rings. The molecule has 0 aromatic carbocycles. The molecule has 0 heterocycles. The van der Waals surface area contributed by atoms with Crippen molar-refractivity contribution in [3.63, 3.8) is 0 Å². The van der Waals surface area contributed by atoms with E-state index in [-0.39, 0.29) is 23.6 Å². The Labute approximate surface area is 204 Å². The number of nitrogens with one attached hydrogen (secondary N) is 6. The molecule has 12 nitrogen and oxygen atoms in total. The first-order chi connectivity index (χ1) is 16.4. The van der Waals surface area contributed by atoms with Gasteiger partial charge < -0.3 is 41.7 Å². The lowest BCUT2D eigenvalue weighted by Gasteiger charge is -2.24. The van der Waals surface area contributed by atoms with Crippen molar-refractivity contribution in [1.82, 2.24) is 41.7 Å². The average molecular weight is 487 g/mol. The minimum absolute atomic E-state index is 0.00728. The third-order valence-corrected chi connectivity index (χ3v) is 5.42. The van der Waals surface area contributed by atoms with Gasteiger partial charge in [-0.1, -0.05) is 0 Å². The Morgan fingerprint density at radius 2 is 0.735 bits per heavy atom. The molecule has 0 rings (SSSR count). The number of amides is 4. The fraction of sp³-hybridized carbons (Fsp3) is 0.818. The van der Waals surface area contributed by atoms with E-state index in [1.54, 1.807) is 28.2 Å². The van der Waals surface area contributed by atoms with Crippen LogP contribution in [0.5, 0.6) is 0 Å². The van der Waals surface area contributed by atoms with Gasteiger partial charge in [0.1, 0.15) is 0 Å². The molecule has 0 bridgehead atoms. The van der Waals surface area contributed by atoms with Crippen molar-refractivity contribution in [2.75, 3.05) is 93.6 Å². The smallest absolute Gasteiger partial charge is 0.221 e. The van der Waals surface area contributed by atoms with Crippen LogP contribution in [0.2, 0.25) is 0 Å². The lowest BCUT2D eigenvalue weighted by molar-refractivity contribution is -0.122. The first kappa shape index (κ1) is 31.7. The van der Waals surface area contributed by atoms with Gasteiger partial charge in [-0.25, -0.2) is 0 Å². The summed E-state index contributed by atoms with van der Waals surface area (Å²) in [7, 11) is 6.49. The van der Waals surface area contributed by atoms with Gasteiger partial charge in [-0.15, -0.1) is 0 Å². The van der Waals surface area contributed by atoms with E-state index in [1.807, 2.05) is 0 Å². The molecular formula is C22H46N8O4. The van der Waals surface area contributed by atoms with Gasteiger partial charge >= 0.3 is 0 Å². The van der Waals surface area contributed by atoms with E-state index in [0.29, 0.717) is 51.9 Å². The van der Waals surface area contributed by atoms with E-state index in [9.17, 15) is 19.2 Å². The normalized spacial score (nSPS) is 10.9. The van der Waals surface area contributed by atoms with E-state index >= 15 is 0 Å². The molecule has 0 atom stereocenters. The second-order valence-electron chi connectivity index (χ2n) is 7.88. The minimum atomic E-state index is -0.0198. The lowest BCUT2D eigenvalue weighted by Crippen LogP contribution is -2.41. The Bertz CT molecular complexity index is 571. The monoisotopic (exact) mass is 486 g/mol. The van der Waals surface area contributed by atoms with Crippen molar-refractivity contribution in [3.05, 3.63) is 0 Å². The summed E-state index contributed by atoms with van der Waals surface area (Å²) < 4.78 is 0. The summed E-state index contributed by atoms with van der Waals surface area (Å²) in [5.74, 6) is -0.0246. The number of rotatable bonds is 21. The predicted octanol–water partition coefficient (Wildman–Crippen LogP) is -2.69. The Kier molecular flexibility index (Phi) is 19.8. The third kappa shape index (κ3) is 18.2. The average Bonchev–Trinajstić information content (AvgIpc) is 2.86. The van der Waals surface area contributed by atoms with E-state index in [1.165, 1.54) is 0 Å². The molecule has 6 N–H and O–H groups in total. The summed E-state index contributed by atoms with van der Waals surface area (Å²) in [6, 6.07) is 0. The molecule has 0 saturated heterocycles. The van der Waals surface area contributed by atoms with Crippen LogP contribution in [0.25, 0.3) is 0 Å². The molecule has 0 aliphatic heterocycles. The molecule has 4 amide bonds. The molecule has 0 spiro atoms. The molecule has 0 fully saturated rings. The molecule has 0 aromatic heterocycles. The van der Waals surface area contributed by atoms with E-state index < -0.39 is 0 Å². The Morgan fingerprint density at radius 3 is 1.09 bits per heavy atom. The zero-order chi connectivity index (χ0) is 25.6. The summed E-state index contributed by atoms with van der Waals surface area (Å²) in [4.78, 5) is 50.4. The van der Waals surface area contributed by atoms with Gasteiger partial charge in [-0.2, -0.15) is 0 Å². The van der Waals surface area contributed by atoms with Gasteiger partial charge in [-0.3, -0.25) is 19.2 Å². The Balaban J connectivity index is 4.39. The van der Waals surface area contributed by atoms with Crippen LogP contribution in [0.4, 0.5) is 0 Å². The standard InChI is InChI=1S/C22H46N8O4/c1-23-19(31)5-9-27-10-17-30(15-8-22(34)26-4)18-12-28-11-16-29(13-6-20(32)24-2)14-7-21(33)25-3/h27-28H,5-18H2,1-4H3,(H,23,31)(H,24,32)(H,25,33)(H,26,34). The van der Waals surface area contributed by atoms with E-state index in [2.05, 4.69) is 41.7 Å². The molecule has 0 saturated carbocycles. The van der Waals surface area contributed by atoms with Crippen LogP contribution >= 0.6 is 0 Å². The van der Waals surface area contributed by atoms with Gasteiger partial charge in [-0.05, 0) is 0 Å². The molecule has 0 aliphatic carbocycles. The topological polar surface area (TPSA) is 147 Å². The highest BCUT2D eigenvalue weighted by atomic mass is 16.2. The Morgan fingerprint density at radius 1 is 0.441 bits per heavy atom. The third-order valence-electron chi connectivity index (χ3n) is 5.42. The van der Waals surface area contributed by atoms with Crippen LogP contribution in [-0.2, 0) is 19.2 Å². The number of carbonyl (C=O) groups excluding carboxylic acids is 4. The number of nitrogens with zero attached hydrogens (tertiary/aromatic N) is 2. The maximum Gasteiger partial charge on any atom is 0.221 e. The first-order valence-electron chi connectivity index (χ1n) is 12.0. The minimum Gasteiger partial charge on any atom is -0.359 e. The van der Waals surface area contributed by atoms with Crippen LogP contribution in [0.1, 0.15) is 25.7 Å². The van der Waals surface area contributed by atoms with Crippen molar-refractivity contribution in [2.45, 2.75) is 25.7 Å². The fourth-order valence-electron chi connectivity index (χ4n) is 3.11. The van der Waals surface area contributed by atoms with Crippen molar-refractivity contribution >= 4 is 23.6 Å². The van der Waals surface area contributed by atoms with E-state index in [0.717, 1.165) is 39.3 Å².